The Labute approximate surface area is 135 Å². The molecule has 114 valence electrons. The Bertz CT molecular complexity index is 581. The molecule has 0 saturated heterocycles. The number of nitrogens with one attached hydrogen (secondary N) is 1. The molecular weight excluding hydrogens is 306 g/mol. The number of thiazole rings is 1. The smallest absolute Gasteiger partial charge is 0.224 e. The Morgan fingerprint density at radius 2 is 2.05 bits per heavy atom. The molecule has 1 unspecified atom stereocenters. The number of hydrogen-bond acceptors (Lipinski definition) is 4. The molecule has 0 fully saturated rings. The summed E-state index contributed by atoms with van der Waals surface area (Å²) >= 11 is 1.63. The maximum absolute atomic E-state index is 11.7. The summed E-state index contributed by atoms with van der Waals surface area (Å²) in [7, 11) is 0. The SMILES string of the molecule is Cc1nc(-c2ccc(NC(=O)CCC(C)N)cc2)cs1.Cl. The monoisotopic (exact) mass is 325 g/mol. The first kappa shape index (κ1) is 17.6. The third-order valence-electron chi connectivity index (χ3n) is 2.91. The number of hydrogen-bond donors (Lipinski definition) is 2. The van der Waals surface area contributed by atoms with Crippen LogP contribution in [0, 0.1) is 6.92 Å². The number of nitrogens with two attached hydrogens (primary N) is 1. The van der Waals surface area contributed by atoms with E-state index in [-0.39, 0.29) is 24.4 Å². The number of benzene rings is 1. The van der Waals surface area contributed by atoms with E-state index < -0.39 is 0 Å². The van der Waals surface area contributed by atoms with Crippen molar-refractivity contribution in [1.29, 1.82) is 0 Å². The van der Waals surface area contributed by atoms with Crippen LogP contribution in [0.5, 0.6) is 0 Å². The van der Waals surface area contributed by atoms with Crippen LogP contribution in [0.25, 0.3) is 11.3 Å². The van der Waals surface area contributed by atoms with Crippen LogP contribution in [-0.2, 0) is 4.79 Å². The van der Waals surface area contributed by atoms with Gasteiger partial charge in [0.25, 0.3) is 0 Å². The average Bonchev–Trinajstić information content (AvgIpc) is 2.84. The van der Waals surface area contributed by atoms with Crippen LogP contribution >= 0.6 is 23.7 Å². The minimum atomic E-state index is -0.000414. The summed E-state index contributed by atoms with van der Waals surface area (Å²) in [5.74, 6) is -0.000414. The van der Waals surface area contributed by atoms with E-state index in [1.807, 2.05) is 43.5 Å². The predicted molar refractivity (Wildman–Crippen MR) is 91.0 cm³/mol. The highest BCUT2D eigenvalue weighted by molar-refractivity contribution is 7.09. The fourth-order valence-electron chi connectivity index (χ4n) is 1.80. The molecule has 0 spiro atoms. The van der Waals surface area contributed by atoms with Gasteiger partial charge >= 0.3 is 0 Å². The highest BCUT2D eigenvalue weighted by atomic mass is 35.5. The minimum absolute atomic E-state index is 0. The normalized spacial score (nSPS) is 11.6. The van der Waals surface area contributed by atoms with Crippen molar-refractivity contribution in [2.45, 2.75) is 32.7 Å². The van der Waals surface area contributed by atoms with Crippen molar-refractivity contribution in [1.82, 2.24) is 4.98 Å². The average molecular weight is 326 g/mol. The van der Waals surface area contributed by atoms with E-state index in [2.05, 4.69) is 10.3 Å². The number of halogens is 1. The van der Waals surface area contributed by atoms with Crippen LogP contribution in [0.2, 0.25) is 0 Å². The van der Waals surface area contributed by atoms with E-state index in [1.54, 1.807) is 11.3 Å². The molecule has 0 radical (unpaired) electrons. The molecule has 1 aromatic carbocycles. The molecule has 0 bridgehead atoms. The molecule has 0 aliphatic heterocycles. The lowest BCUT2D eigenvalue weighted by molar-refractivity contribution is -0.116. The summed E-state index contributed by atoms with van der Waals surface area (Å²) in [6.45, 7) is 3.89. The lowest BCUT2D eigenvalue weighted by atomic mass is 10.1. The maximum Gasteiger partial charge on any atom is 0.224 e. The number of amides is 1. The van der Waals surface area contributed by atoms with Gasteiger partial charge in [0.1, 0.15) is 0 Å². The van der Waals surface area contributed by atoms with Gasteiger partial charge in [-0.3, -0.25) is 4.79 Å². The Morgan fingerprint density at radius 1 is 1.38 bits per heavy atom. The molecule has 1 heterocycles. The number of aryl methyl sites for hydroxylation is 1. The molecule has 21 heavy (non-hydrogen) atoms. The molecular formula is C15H20ClN3OS. The van der Waals surface area contributed by atoms with Gasteiger partial charge in [0.05, 0.1) is 10.7 Å². The summed E-state index contributed by atoms with van der Waals surface area (Å²) in [6, 6.07) is 7.78. The van der Waals surface area contributed by atoms with Crippen molar-refractivity contribution >= 4 is 35.3 Å². The van der Waals surface area contributed by atoms with Gasteiger partial charge in [0.2, 0.25) is 5.91 Å². The van der Waals surface area contributed by atoms with Gasteiger partial charge in [-0.25, -0.2) is 4.98 Å². The second-order valence-corrected chi connectivity index (χ2v) is 5.96. The fraction of sp³-hybridized carbons (Fsp3) is 0.333. The second-order valence-electron chi connectivity index (χ2n) is 4.89. The van der Waals surface area contributed by atoms with Crippen molar-refractivity contribution in [2.75, 3.05) is 5.32 Å². The van der Waals surface area contributed by atoms with Crippen molar-refractivity contribution in [2.24, 2.45) is 5.73 Å². The maximum atomic E-state index is 11.7. The number of aromatic nitrogens is 1. The Morgan fingerprint density at radius 3 is 2.57 bits per heavy atom. The van der Waals surface area contributed by atoms with Crippen molar-refractivity contribution in [3.8, 4) is 11.3 Å². The summed E-state index contributed by atoms with van der Waals surface area (Å²) in [4.78, 5) is 16.1. The third-order valence-corrected chi connectivity index (χ3v) is 3.68. The quantitative estimate of drug-likeness (QED) is 0.882. The Balaban J connectivity index is 0.00000220. The lowest BCUT2D eigenvalue weighted by Gasteiger charge is -2.07. The summed E-state index contributed by atoms with van der Waals surface area (Å²) in [5, 5.41) is 5.95. The van der Waals surface area contributed by atoms with E-state index in [0.29, 0.717) is 12.8 Å². The molecule has 4 nitrogen and oxygen atoms in total. The lowest BCUT2D eigenvalue weighted by Crippen LogP contribution is -2.19. The van der Waals surface area contributed by atoms with Crippen molar-refractivity contribution in [3.05, 3.63) is 34.7 Å². The number of carbonyl (C=O) groups excluding carboxylic acids is 1. The van der Waals surface area contributed by atoms with E-state index in [9.17, 15) is 4.79 Å². The second kappa shape index (κ2) is 8.12. The molecule has 1 amide bonds. The molecule has 3 N–H and O–H groups in total. The van der Waals surface area contributed by atoms with Gasteiger partial charge in [0, 0.05) is 29.1 Å². The summed E-state index contributed by atoms with van der Waals surface area (Å²) in [6.07, 6.45) is 1.15. The standard InChI is InChI=1S/C15H19N3OS.ClH/c1-10(16)3-8-15(19)18-13-6-4-12(5-7-13)14-9-20-11(2)17-14;/h4-7,9-10H,3,8,16H2,1-2H3,(H,18,19);1H. The molecule has 0 saturated carbocycles. The molecule has 1 aromatic heterocycles. The summed E-state index contributed by atoms with van der Waals surface area (Å²) < 4.78 is 0. The van der Waals surface area contributed by atoms with E-state index in [0.717, 1.165) is 22.0 Å². The van der Waals surface area contributed by atoms with E-state index in [4.69, 9.17) is 5.73 Å². The zero-order valence-electron chi connectivity index (χ0n) is 12.1. The van der Waals surface area contributed by atoms with Gasteiger partial charge in [-0.2, -0.15) is 0 Å². The topological polar surface area (TPSA) is 68.0 Å². The molecule has 2 rings (SSSR count). The largest absolute Gasteiger partial charge is 0.328 e. The van der Waals surface area contributed by atoms with Crippen LogP contribution in [0.1, 0.15) is 24.8 Å². The Hall–Kier alpha value is -1.43. The van der Waals surface area contributed by atoms with Crippen LogP contribution < -0.4 is 11.1 Å². The third kappa shape index (κ3) is 5.46. The first-order chi connectivity index (χ1) is 9.54. The molecule has 1 atom stereocenters. The van der Waals surface area contributed by atoms with Crippen molar-refractivity contribution in [3.63, 3.8) is 0 Å². The highest BCUT2D eigenvalue weighted by Crippen LogP contribution is 2.23. The van der Waals surface area contributed by atoms with Gasteiger partial charge in [0.15, 0.2) is 0 Å². The predicted octanol–water partition coefficient (Wildman–Crippen LogP) is 3.61. The molecule has 2 aromatic rings. The molecule has 0 aliphatic carbocycles. The zero-order valence-corrected chi connectivity index (χ0v) is 13.8. The fourth-order valence-corrected chi connectivity index (χ4v) is 2.42. The van der Waals surface area contributed by atoms with Gasteiger partial charge in [-0.1, -0.05) is 12.1 Å². The number of carbonyl (C=O) groups is 1. The number of rotatable bonds is 5. The van der Waals surface area contributed by atoms with Crippen LogP contribution in [0.3, 0.4) is 0 Å². The van der Waals surface area contributed by atoms with Crippen LogP contribution in [0.4, 0.5) is 5.69 Å². The van der Waals surface area contributed by atoms with Crippen LogP contribution in [0.15, 0.2) is 29.6 Å². The van der Waals surface area contributed by atoms with Gasteiger partial charge in [-0.15, -0.1) is 23.7 Å². The molecule has 0 aliphatic rings. The van der Waals surface area contributed by atoms with Crippen LogP contribution in [-0.4, -0.2) is 16.9 Å². The van der Waals surface area contributed by atoms with E-state index >= 15 is 0 Å². The van der Waals surface area contributed by atoms with Gasteiger partial charge in [-0.05, 0) is 32.4 Å². The number of anilines is 1. The van der Waals surface area contributed by atoms with E-state index in [1.165, 1.54) is 0 Å². The van der Waals surface area contributed by atoms with Gasteiger partial charge < -0.3 is 11.1 Å². The first-order valence-electron chi connectivity index (χ1n) is 6.62. The summed E-state index contributed by atoms with van der Waals surface area (Å²) in [5.41, 5.74) is 8.47. The van der Waals surface area contributed by atoms with Crippen molar-refractivity contribution < 1.29 is 4.79 Å². The Kier molecular flexibility index (Phi) is 6.81. The highest BCUT2D eigenvalue weighted by Gasteiger charge is 2.05. The number of nitrogens with zero attached hydrogens (tertiary/aromatic N) is 1. The first-order valence-corrected chi connectivity index (χ1v) is 7.50. The zero-order chi connectivity index (χ0) is 14.5. The minimum Gasteiger partial charge on any atom is -0.328 e. The molecule has 6 heteroatoms.